The normalized spacial score (nSPS) is 11.3. The van der Waals surface area contributed by atoms with Gasteiger partial charge in [0.05, 0.1) is 28.6 Å². The predicted molar refractivity (Wildman–Crippen MR) is 141 cm³/mol. The summed E-state index contributed by atoms with van der Waals surface area (Å²) in [5, 5.41) is 11.4. The number of hydrogen-bond acceptors (Lipinski definition) is 5. The van der Waals surface area contributed by atoms with E-state index in [9.17, 15) is 9.18 Å². The number of halogens is 1. The number of anilines is 1. The highest BCUT2D eigenvalue weighted by Crippen LogP contribution is 2.32. The zero-order valence-corrected chi connectivity index (χ0v) is 19.9. The minimum absolute atomic E-state index is 0.0361. The minimum Gasteiger partial charge on any atom is -0.336 e. The van der Waals surface area contributed by atoms with Gasteiger partial charge in [-0.1, -0.05) is 25.1 Å². The van der Waals surface area contributed by atoms with Crippen LogP contribution in [0.4, 0.5) is 10.1 Å². The van der Waals surface area contributed by atoms with Gasteiger partial charge in [0.2, 0.25) is 5.91 Å². The van der Waals surface area contributed by atoms with Crippen molar-refractivity contribution in [2.45, 2.75) is 19.8 Å². The molecule has 0 bridgehead atoms. The van der Waals surface area contributed by atoms with Crippen molar-refractivity contribution in [2.24, 2.45) is 0 Å². The second kappa shape index (κ2) is 9.27. The van der Waals surface area contributed by atoms with Crippen LogP contribution in [0.1, 0.15) is 19.8 Å². The fourth-order valence-electron chi connectivity index (χ4n) is 4.39. The number of rotatable bonds is 6. The van der Waals surface area contributed by atoms with Crippen LogP contribution < -0.4 is 5.32 Å². The van der Waals surface area contributed by atoms with Crippen molar-refractivity contribution in [1.82, 2.24) is 30.1 Å². The molecule has 8 nitrogen and oxygen atoms in total. The molecule has 0 saturated carbocycles. The molecule has 37 heavy (non-hydrogen) atoms. The summed E-state index contributed by atoms with van der Waals surface area (Å²) in [5.74, 6) is 0.204. The third-order valence-corrected chi connectivity index (χ3v) is 6.12. The maximum Gasteiger partial charge on any atom is 0.224 e. The van der Waals surface area contributed by atoms with E-state index in [0.29, 0.717) is 40.4 Å². The van der Waals surface area contributed by atoms with Crippen molar-refractivity contribution in [3.63, 3.8) is 0 Å². The summed E-state index contributed by atoms with van der Waals surface area (Å²) >= 11 is 0. The molecule has 0 fully saturated rings. The summed E-state index contributed by atoms with van der Waals surface area (Å²) in [7, 11) is 0. The number of amides is 1. The fourth-order valence-corrected chi connectivity index (χ4v) is 4.39. The Kier molecular flexibility index (Phi) is 5.65. The molecule has 0 unspecified atom stereocenters. The number of aromatic nitrogens is 6. The fraction of sp³-hybridized carbons (Fsp3) is 0.107. The molecule has 0 saturated heterocycles. The van der Waals surface area contributed by atoms with Crippen molar-refractivity contribution >= 4 is 33.5 Å². The van der Waals surface area contributed by atoms with Crippen molar-refractivity contribution < 1.29 is 9.18 Å². The van der Waals surface area contributed by atoms with E-state index >= 15 is 0 Å². The lowest BCUT2D eigenvalue weighted by atomic mass is 10.0. The smallest absolute Gasteiger partial charge is 0.224 e. The maximum atomic E-state index is 13.9. The largest absolute Gasteiger partial charge is 0.336 e. The van der Waals surface area contributed by atoms with Gasteiger partial charge in [-0.2, -0.15) is 5.10 Å². The first-order valence-corrected chi connectivity index (χ1v) is 11.9. The predicted octanol–water partition coefficient (Wildman–Crippen LogP) is 6.11. The molecule has 6 rings (SSSR count). The number of pyridine rings is 2. The number of nitrogens with one attached hydrogen (secondary N) is 3. The van der Waals surface area contributed by atoms with Crippen LogP contribution in [-0.2, 0) is 4.79 Å². The summed E-state index contributed by atoms with van der Waals surface area (Å²) in [6.45, 7) is 1.97. The number of nitrogens with zero attached hydrogens (tertiary/aromatic N) is 4. The molecule has 4 heterocycles. The average molecular weight is 492 g/mol. The highest BCUT2D eigenvalue weighted by atomic mass is 19.1. The van der Waals surface area contributed by atoms with Gasteiger partial charge in [-0.05, 0) is 48.4 Å². The van der Waals surface area contributed by atoms with Gasteiger partial charge in [0, 0.05) is 35.3 Å². The maximum absolute atomic E-state index is 13.9. The first kappa shape index (κ1) is 22.5. The molecule has 0 aliphatic carbocycles. The zero-order chi connectivity index (χ0) is 25.4. The summed E-state index contributed by atoms with van der Waals surface area (Å²) in [4.78, 5) is 28.9. The van der Waals surface area contributed by atoms with E-state index in [1.165, 1.54) is 12.1 Å². The van der Waals surface area contributed by atoms with E-state index in [2.05, 4.69) is 30.5 Å². The van der Waals surface area contributed by atoms with Gasteiger partial charge in [0.1, 0.15) is 17.0 Å². The lowest BCUT2D eigenvalue weighted by Gasteiger charge is -2.07. The van der Waals surface area contributed by atoms with Crippen molar-refractivity contribution in [3.8, 4) is 33.9 Å². The van der Waals surface area contributed by atoms with Gasteiger partial charge < -0.3 is 10.3 Å². The molecule has 4 aromatic heterocycles. The Morgan fingerprint density at radius 1 is 0.973 bits per heavy atom. The molecule has 9 heteroatoms. The van der Waals surface area contributed by atoms with Gasteiger partial charge in [-0.3, -0.25) is 19.9 Å². The van der Waals surface area contributed by atoms with Crippen LogP contribution >= 0.6 is 0 Å². The lowest BCUT2D eigenvalue weighted by Crippen LogP contribution is -2.10. The molecule has 0 aliphatic rings. The summed E-state index contributed by atoms with van der Waals surface area (Å²) < 4.78 is 13.9. The summed E-state index contributed by atoms with van der Waals surface area (Å²) in [6.07, 6.45) is 6.31. The molecule has 0 atom stereocenters. The van der Waals surface area contributed by atoms with E-state index in [1.54, 1.807) is 24.7 Å². The topological polar surface area (TPSA) is 112 Å². The molecule has 182 valence electrons. The minimum atomic E-state index is -0.332. The highest BCUT2D eigenvalue weighted by Gasteiger charge is 2.17. The van der Waals surface area contributed by atoms with Crippen LogP contribution in [0.3, 0.4) is 0 Å². The molecule has 3 N–H and O–H groups in total. The Morgan fingerprint density at radius 2 is 1.89 bits per heavy atom. The highest BCUT2D eigenvalue weighted by molar-refractivity contribution is 5.98. The number of imidazole rings is 1. The van der Waals surface area contributed by atoms with Crippen LogP contribution in [0.2, 0.25) is 0 Å². The first-order chi connectivity index (χ1) is 18.1. The van der Waals surface area contributed by atoms with Gasteiger partial charge in [-0.25, -0.2) is 9.37 Å². The van der Waals surface area contributed by atoms with Crippen LogP contribution in [0.25, 0.3) is 55.8 Å². The van der Waals surface area contributed by atoms with E-state index in [1.807, 2.05) is 43.3 Å². The lowest BCUT2D eigenvalue weighted by molar-refractivity contribution is -0.116. The van der Waals surface area contributed by atoms with E-state index in [0.717, 1.165) is 34.0 Å². The van der Waals surface area contributed by atoms with Gasteiger partial charge in [0.15, 0.2) is 5.82 Å². The van der Waals surface area contributed by atoms with Gasteiger partial charge in [-0.15, -0.1) is 0 Å². The van der Waals surface area contributed by atoms with Gasteiger partial charge in [0.25, 0.3) is 0 Å². The monoisotopic (exact) mass is 491 g/mol. The SMILES string of the molecule is CCCC(=O)Nc1cncc(-c2ccc3[nH]nc(-c4nc5c(-c6cccc(F)c6)nccc5[nH]4)c3c2)c1. The molecule has 2 aromatic carbocycles. The van der Waals surface area contributed by atoms with E-state index in [4.69, 9.17) is 4.98 Å². The zero-order valence-electron chi connectivity index (χ0n) is 19.9. The molecule has 0 aliphatic heterocycles. The van der Waals surface area contributed by atoms with E-state index < -0.39 is 0 Å². The number of fused-ring (bicyclic) bond motifs is 2. The Hall–Kier alpha value is -4.92. The summed E-state index contributed by atoms with van der Waals surface area (Å²) in [6, 6.07) is 16.0. The average Bonchev–Trinajstić information content (AvgIpc) is 3.52. The second-order valence-corrected chi connectivity index (χ2v) is 8.74. The molecule has 1 amide bonds. The van der Waals surface area contributed by atoms with Crippen molar-refractivity contribution in [1.29, 1.82) is 0 Å². The molecular weight excluding hydrogens is 469 g/mol. The molecular formula is C28H22FN7O. The number of carbonyl (C=O) groups is 1. The number of carbonyl (C=O) groups excluding carboxylic acids is 1. The Bertz CT molecular complexity index is 1770. The summed E-state index contributed by atoms with van der Waals surface area (Å²) in [5.41, 5.74) is 6.59. The Morgan fingerprint density at radius 3 is 2.76 bits per heavy atom. The van der Waals surface area contributed by atoms with Crippen molar-refractivity contribution in [3.05, 3.63) is 79.0 Å². The number of aromatic amines is 2. The van der Waals surface area contributed by atoms with Crippen LogP contribution in [0.5, 0.6) is 0 Å². The first-order valence-electron chi connectivity index (χ1n) is 11.9. The third-order valence-electron chi connectivity index (χ3n) is 6.12. The quantitative estimate of drug-likeness (QED) is 0.260. The van der Waals surface area contributed by atoms with Crippen LogP contribution in [0.15, 0.2) is 73.2 Å². The van der Waals surface area contributed by atoms with Gasteiger partial charge >= 0.3 is 0 Å². The molecule has 0 spiro atoms. The van der Waals surface area contributed by atoms with Crippen LogP contribution in [0, 0.1) is 5.82 Å². The third kappa shape index (κ3) is 4.31. The standard InChI is InChI=1S/C28H22FN7O/c1-2-4-24(37)32-20-12-18(14-30-15-20)16-7-8-22-21(13-16)26(36-35-22)28-33-23-9-10-31-25(27(23)34-28)17-5-3-6-19(29)11-17/h3,5-15H,2,4H2,1H3,(H,32,37)(H,33,34)(H,35,36). The number of benzene rings is 2. The Labute approximate surface area is 211 Å². The van der Waals surface area contributed by atoms with E-state index in [-0.39, 0.29) is 11.7 Å². The van der Waals surface area contributed by atoms with Crippen molar-refractivity contribution in [2.75, 3.05) is 5.32 Å². The molecule has 0 radical (unpaired) electrons. The second-order valence-electron chi connectivity index (χ2n) is 8.74. The Balaban J connectivity index is 1.40. The van der Waals surface area contributed by atoms with Crippen LogP contribution in [-0.4, -0.2) is 36.0 Å². The molecule has 6 aromatic rings. The number of H-pyrrole nitrogens is 2. The number of hydrogen-bond donors (Lipinski definition) is 3.